The number of hydrogen-bond donors (Lipinski definition) is 2. The molecular weight excluding hydrogens is 238 g/mol. The van der Waals surface area contributed by atoms with Gasteiger partial charge in [0.1, 0.15) is 11.8 Å². The van der Waals surface area contributed by atoms with Gasteiger partial charge >= 0.3 is 5.97 Å². The lowest BCUT2D eigenvalue weighted by Gasteiger charge is -2.13. The molecule has 0 radical (unpaired) electrons. The van der Waals surface area contributed by atoms with Crippen molar-refractivity contribution in [3.05, 3.63) is 23.7 Å². The third kappa shape index (κ3) is 3.89. The van der Waals surface area contributed by atoms with Crippen molar-refractivity contribution in [3.63, 3.8) is 0 Å². The predicted octanol–water partition coefficient (Wildman–Crippen LogP) is 1.20. The van der Waals surface area contributed by atoms with Crippen LogP contribution in [0.4, 0.5) is 0 Å². The van der Waals surface area contributed by atoms with Crippen molar-refractivity contribution in [2.24, 2.45) is 0 Å². The van der Waals surface area contributed by atoms with E-state index in [1.54, 1.807) is 14.0 Å². The molecule has 0 saturated heterocycles. The highest BCUT2D eigenvalue weighted by Gasteiger charge is 2.21. The van der Waals surface area contributed by atoms with Gasteiger partial charge in [-0.25, -0.2) is 4.79 Å². The van der Waals surface area contributed by atoms with Crippen LogP contribution in [0.15, 0.2) is 16.7 Å². The molecule has 1 rings (SSSR count). The van der Waals surface area contributed by atoms with Crippen molar-refractivity contribution < 1.29 is 23.8 Å². The zero-order chi connectivity index (χ0) is 13.5. The van der Waals surface area contributed by atoms with Gasteiger partial charge in [-0.1, -0.05) is 0 Å². The van der Waals surface area contributed by atoms with E-state index in [-0.39, 0.29) is 0 Å². The predicted molar refractivity (Wildman–Crippen MR) is 63.4 cm³/mol. The molecule has 2 N–H and O–H groups in total. The van der Waals surface area contributed by atoms with Crippen LogP contribution in [0.3, 0.4) is 0 Å². The summed E-state index contributed by atoms with van der Waals surface area (Å²) in [5.41, 5.74) is 0.355. The van der Waals surface area contributed by atoms with Crippen LogP contribution in [0, 0.1) is 6.92 Å². The van der Waals surface area contributed by atoms with Crippen LogP contribution < -0.4 is 5.32 Å². The normalized spacial score (nSPS) is 12.1. The van der Waals surface area contributed by atoms with Crippen molar-refractivity contribution in [2.75, 3.05) is 13.7 Å². The smallest absolute Gasteiger partial charge is 0.326 e. The minimum Gasteiger partial charge on any atom is -0.480 e. The molecule has 0 aliphatic rings. The van der Waals surface area contributed by atoms with E-state index in [9.17, 15) is 9.59 Å². The van der Waals surface area contributed by atoms with Gasteiger partial charge in [0, 0.05) is 13.7 Å². The zero-order valence-electron chi connectivity index (χ0n) is 10.4. The van der Waals surface area contributed by atoms with Crippen molar-refractivity contribution in [1.82, 2.24) is 5.32 Å². The molecule has 6 nitrogen and oxygen atoms in total. The summed E-state index contributed by atoms with van der Waals surface area (Å²) in [4.78, 5) is 22.8. The van der Waals surface area contributed by atoms with E-state index in [1.165, 1.54) is 12.3 Å². The van der Waals surface area contributed by atoms with Crippen molar-refractivity contribution >= 4 is 11.9 Å². The second-order valence-corrected chi connectivity index (χ2v) is 3.89. The van der Waals surface area contributed by atoms with Gasteiger partial charge in [-0.15, -0.1) is 0 Å². The number of carbonyl (C=O) groups is 2. The van der Waals surface area contributed by atoms with E-state index in [4.69, 9.17) is 14.3 Å². The van der Waals surface area contributed by atoms with Gasteiger partial charge in [0.05, 0.1) is 11.8 Å². The van der Waals surface area contributed by atoms with Crippen LogP contribution in [0.5, 0.6) is 0 Å². The van der Waals surface area contributed by atoms with Crippen LogP contribution in [0.2, 0.25) is 0 Å². The molecule has 6 heteroatoms. The van der Waals surface area contributed by atoms with Gasteiger partial charge < -0.3 is 19.6 Å². The lowest BCUT2D eigenvalue weighted by molar-refractivity contribution is -0.139. The minimum absolute atomic E-state index is 0.325. The summed E-state index contributed by atoms with van der Waals surface area (Å²) >= 11 is 0. The first-order chi connectivity index (χ1) is 8.56. The number of rotatable bonds is 7. The highest BCUT2D eigenvalue weighted by molar-refractivity contribution is 5.97. The zero-order valence-corrected chi connectivity index (χ0v) is 10.4. The van der Waals surface area contributed by atoms with E-state index in [0.29, 0.717) is 30.8 Å². The number of nitrogens with one attached hydrogen (secondary N) is 1. The number of carbonyl (C=O) groups excluding carboxylic acids is 1. The molecule has 100 valence electrons. The third-order valence-corrected chi connectivity index (χ3v) is 2.55. The van der Waals surface area contributed by atoms with E-state index in [0.717, 1.165) is 0 Å². The highest BCUT2D eigenvalue weighted by atomic mass is 16.5. The Morgan fingerprint density at radius 2 is 2.28 bits per heavy atom. The molecule has 0 aromatic carbocycles. The summed E-state index contributed by atoms with van der Waals surface area (Å²) in [5.74, 6) is -1.03. The van der Waals surface area contributed by atoms with Gasteiger partial charge in [0.15, 0.2) is 0 Å². The molecule has 0 spiro atoms. The third-order valence-electron chi connectivity index (χ3n) is 2.55. The van der Waals surface area contributed by atoms with Crippen LogP contribution in [0.25, 0.3) is 0 Å². The number of carboxylic acid groups (broad SMARTS) is 1. The topological polar surface area (TPSA) is 88.8 Å². The summed E-state index contributed by atoms with van der Waals surface area (Å²) in [6, 6.07) is 0.598. The van der Waals surface area contributed by atoms with Gasteiger partial charge in [-0.3, -0.25) is 4.79 Å². The van der Waals surface area contributed by atoms with Crippen LogP contribution in [0.1, 0.15) is 29.0 Å². The molecule has 1 heterocycles. The van der Waals surface area contributed by atoms with Crippen LogP contribution >= 0.6 is 0 Å². The molecule has 0 aliphatic heterocycles. The number of aliphatic carboxylic acids is 1. The quantitative estimate of drug-likeness (QED) is 0.714. The molecule has 0 bridgehead atoms. The maximum Gasteiger partial charge on any atom is 0.326 e. The molecule has 0 saturated carbocycles. The highest BCUT2D eigenvalue weighted by Crippen LogP contribution is 2.09. The van der Waals surface area contributed by atoms with Crippen LogP contribution in [-0.4, -0.2) is 36.7 Å². The fraction of sp³-hybridized carbons (Fsp3) is 0.500. The van der Waals surface area contributed by atoms with E-state index < -0.39 is 17.9 Å². The number of hydrogen-bond acceptors (Lipinski definition) is 4. The Balaban J connectivity index is 2.58. The average molecular weight is 255 g/mol. The van der Waals surface area contributed by atoms with E-state index in [2.05, 4.69) is 5.32 Å². The first kappa shape index (κ1) is 14.2. The molecule has 18 heavy (non-hydrogen) atoms. The summed E-state index contributed by atoms with van der Waals surface area (Å²) < 4.78 is 9.85. The number of aryl methyl sites for hydroxylation is 1. The molecule has 1 aromatic heterocycles. The lowest BCUT2D eigenvalue weighted by Crippen LogP contribution is -2.41. The monoisotopic (exact) mass is 255 g/mol. The number of methoxy groups -OCH3 is 1. The maximum atomic E-state index is 11.8. The summed E-state index contributed by atoms with van der Waals surface area (Å²) in [7, 11) is 1.54. The average Bonchev–Trinajstić information content (AvgIpc) is 2.74. The van der Waals surface area contributed by atoms with Gasteiger partial charge in [0.2, 0.25) is 0 Å². The fourth-order valence-electron chi connectivity index (χ4n) is 1.55. The first-order valence-corrected chi connectivity index (χ1v) is 5.63. The maximum absolute atomic E-state index is 11.8. The van der Waals surface area contributed by atoms with Gasteiger partial charge in [0.25, 0.3) is 5.91 Å². The molecule has 1 amide bonds. The fourth-order valence-corrected chi connectivity index (χ4v) is 1.55. The Kier molecular flexibility index (Phi) is 5.38. The molecule has 0 fully saturated rings. The number of carboxylic acids is 1. The SMILES string of the molecule is COCCCC(NC(=O)c1ccoc1C)C(=O)O. The standard InChI is InChI=1S/C12H17NO5/c1-8-9(5-7-18-8)11(14)13-10(12(15)16)4-3-6-17-2/h5,7,10H,3-4,6H2,1-2H3,(H,13,14)(H,15,16). The Morgan fingerprint density at radius 3 is 2.78 bits per heavy atom. The molecule has 0 aliphatic carbocycles. The number of furan rings is 1. The molecule has 1 aromatic rings. The molecule has 1 atom stereocenters. The Morgan fingerprint density at radius 1 is 1.56 bits per heavy atom. The summed E-state index contributed by atoms with van der Waals surface area (Å²) in [6.45, 7) is 2.11. The second kappa shape index (κ2) is 6.80. The van der Waals surface area contributed by atoms with Crippen molar-refractivity contribution in [3.8, 4) is 0 Å². The second-order valence-electron chi connectivity index (χ2n) is 3.89. The van der Waals surface area contributed by atoms with Gasteiger partial charge in [-0.2, -0.15) is 0 Å². The first-order valence-electron chi connectivity index (χ1n) is 5.63. The summed E-state index contributed by atoms with van der Waals surface area (Å²) in [6.07, 6.45) is 2.29. The van der Waals surface area contributed by atoms with E-state index in [1.807, 2.05) is 0 Å². The van der Waals surface area contributed by atoms with E-state index >= 15 is 0 Å². The Hall–Kier alpha value is -1.82. The lowest BCUT2D eigenvalue weighted by atomic mass is 10.1. The largest absolute Gasteiger partial charge is 0.480 e. The molecular formula is C12H17NO5. The minimum atomic E-state index is -1.05. The number of amides is 1. The van der Waals surface area contributed by atoms with Crippen molar-refractivity contribution in [2.45, 2.75) is 25.8 Å². The Bertz CT molecular complexity index is 412. The van der Waals surface area contributed by atoms with Gasteiger partial charge in [-0.05, 0) is 25.8 Å². The molecule has 1 unspecified atom stereocenters. The Labute approximate surface area is 105 Å². The number of ether oxygens (including phenoxy) is 1. The van der Waals surface area contributed by atoms with Crippen LogP contribution in [-0.2, 0) is 9.53 Å². The summed E-state index contributed by atoms with van der Waals surface area (Å²) in [5, 5.41) is 11.5. The van der Waals surface area contributed by atoms with Crippen molar-refractivity contribution in [1.29, 1.82) is 0 Å².